The topological polar surface area (TPSA) is 12.9 Å². The Kier molecular flexibility index (Phi) is 4.63. The Morgan fingerprint density at radius 1 is 1.50 bits per heavy atom. The van der Waals surface area contributed by atoms with Crippen LogP contribution in [-0.2, 0) is 0 Å². The number of hydrogen-bond acceptors (Lipinski definition) is 1. The second-order valence-corrected chi connectivity index (χ2v) is 2.96. The van der Waals surface area contributed by atoms with Gasteiger partial charge in [0.15, 0.2) is 0 Å². The minimum atomic E-state index is -2.49. The van der Waals surface area contributed by atoms with Gasteiger partial charge in [-0.3, -0.25) is 4.98 Å². The first-order valence-corrected chi connectivity index (χ1v) is 3.81. The standard InChI is InChI=1S/C7H6BrF2N.ClH/c1-4-5(8)2-3-11-6(4)7(9)10;/h2-3,7H,1H3;1H. The van der Waals surface area contributed by atoms with E-state index in [9.17, 15) is 8.78 Å². The van der Waals surface area contributed by atoms with Gasteiger partial charge in [-0.2, -0.15) is 0 Å². The minimum Gasteiger partial charge on any atom is -0.255 e. The van der Waals surface area contributed by atoms with Crippen molar-refractivity contribution in [3.8, 4) is 0 Å². The predicted molar refractivity (Wildman–Crippen MR) is 48.9 cm³/mol. The Morgan fingerprint density at radius 3 is 2.50 bits per heavy atom. The third-order valence-corrected chi connectivity index (χ3v) is 2.24. The number of rotatable bonds is 1. The maximum absolute atomic E-state index is 12.1. The molecule has 68 valence electrons. The van der Waals surface area contributed by atoms with Gasteiger partial charge < -0.3 is 0 Å². The van der Waals surface area contributed by atoms with Crippen molar-refractivity contribution in [2.24, 2.45) is 0 Å². The summed E-state index contributed by atoms with van der Waals surface area (Å²) in [4.78, 5) is 3.56. The highest BCUT2D eigenvalue weighted by Gasteiger charge is 2.12. The molecular weight excluding hydrogens is 251 g/mol. The maximum atomic E-state index is 12.1. The van der Waals surface area contributed by atoms with E-state index in [0.717, 1.165) is 0 Å². The first-order chi connectivity index (χ1) is 5.13. The molecule has 0 amide bonds. The van der Waals surface area contributed by atoms with Gasteiger partial charge in [0.1, 0.15) is 5.69 Å². The van der Waals surface area contributed by atoms with Gasteiger partial charge in [-0.05, 0) is 18.6 Å². The summed E-state index contributed by atoms with van der Waals surface area (Å²) in [5, 5.41) is 0. The molecule has 1 aromatic rings. The van der Waals surface area contributed by atoms with E-state index in [0.29, 0.717) is 10.0 Å². The number of alkyl halides is 2. The highest BCUT2D eigenvalue weighted by Crippen LogP contribution is 2.24. The van der Waals surface area contributed by atoms with Crippen molar-refractivity contribution in [2.75, 3.05) is 0 Å². The van der Waals surface area contributed by atoms with Crippen LogP contribution in [0.3, 0.4) is 0 Å². The van der Waals surface area contributed by atoms with Gasteiger partial charge in [0.2, 0.25) is 0 Å². The van der Waals surface area contributed by atoms with Crippen molar-refractivity contribution in [2.45, 2.75) is 13.3 Å². The molecule has 0 atom stereocenters. The van der Waals surface area contributed by atoms with Crippen LogP contribution in [-0.4, -0.2) is 4.98 Å². The number of nitrogens with zero attached hydrogens (tertiary/aromatic N) is 1. The molecule has 1 nitrogen and oxygen atoms in total. The largest absolute Gasteiger partial charge is 0.280 e. The molecule has 0 saturated heterocycles. The molecule has 0 radical (unpaired) electrons. The van der Waals surface area contributed by atoms with Gasteiger partial charge >= 0.3 is 0 Å². The fraction of sp³-hybridized carbons (Fsp3) is 0.286. The zero-order valence-electron chi connectivity index (χ0n) is 6.22. The van der Waals surface area contributed by atoms with Gasteiger partial charge in [0.25, 0.3) is 6.43 Å². The first kappa shape index (κ1) is 11.8. The van der Waals surface area contributed by atoms with Crippen molar-refractivity contribution >= 4 is 28.3 Å². The molecule has 12 heavy (non-hydrogen) atoms. The number of hydrogen-bond donors (Lipinski definition) is 0. The lowest BCUT2D eigenvalue weighted by molar-refractivity contribution is 0.145. The second kappa shape index (κ2) is 4.72. The lowest BCUT2D eigenvalue weighted by atomic mass is 10.2. The molecule has 1 rings (SSSR count). The van der Waals surface area contributed by atoms with E-state index in [1.165, 1.54) is 6.20 Å². The zero-order chi connectivity index (χ0) is 8.43. The Morgan fingerprint density at radius 2 is 2.08 bits per heavy atom. The molecular formula is C7H7BrClF2N. The summed E-state index contributed by atoms with van der Waals surface area (Å²) in [5.74, 6) is 0. The van der Waals surface area contributed by atoms with Gasteiger partial charge in [0, 0.05) is 10.7 Å². The SMILES string of the molecule is Cc1c(Br)ccnc1C(F)F.Cl. The number of aromatic nitrogens is 1. The van der Waals surface area contributed by atoms with Crippen molar-refractivity contribution in [3.63, 3.8) is 0 Å². The van der Waals surface area contributed by atoms with E-state index in [1.807, 2.05) is 0 Å². The monoisotopic (exact) mass is 257 g/mol. The van der Waals surface area contributed by atoms with Crippen molar-refractivity contribution < 1.29 is 8.78 Å². The average molecular weight is 258 g/mol. The van der Waals surface area contributed by atoms with Crippen LogP contribution in [0.5, 0.6) is 0 Å². The van der Waals surface area contributed by atoms with Gasteiger partial charge in [-0.15, -0.1) is 12.4 Å². The highest BCUT2D eigenvalue weighted by atomic mass is 79.9. The number of pyridine rings is 1. The van der Waals surface area contributed by atoms with Crippen LogP contribution >= 0.6 is 28.3 Å². The fourth-order valence-corrected chi connectivity index (χ4v) is 1.07. The highest BCUT2D eigenvalue weighted by molar-refractivity contribution is 9.10. The lowest BCUT2D eigenvalue weighted by Gasteiger charge is -2.03. The predicted octanol–water partition coefficient (Wildman–Crippen LogP) is 3.51. The Labute approximate surface area is 83.7 Å². The molecule has 0 N–H and O–H groups in total. The molecule has 0 saturated carbocycles. The molecule has 0 aliphatic heterocycles. The molecule has 1 aromatic heterocycles. The molecule has 0 unspecified atom stereocenters. The fourth-order valence-electron chi connectivity index (χ4n) is 0.747. The van der Waals surface area contributed by atoms with Crippen LogP contribution in [0, 0.1) is 6.92 Å². The van der Waals surface area contributed by atoms with Gasteiger partial charge in [-0.25, -0.2) is 8.78 Å². The quantitative estimate of drug-likeness (QED) is 0.751. The molecule has 0 aromatic carbocycles. The third-order valence-electron chi connectivity index (χ3n) is 1.38. The van der Waals surface area contributed by atoms with Crippen LogP contribution < -0.4 is 0 Å². The summed E-state index contributed by atoms with van der Waals surface area (Å²) in [6.45, 7) is 1.61. The van der Waals surface area contributed by atoms with Crippen LogP contribution in [0.2, 0.25) is 0 Å². The summed E-state index contributed by atoms with van der Waals surface area (Å²) in [7, 11) is 0. The maximum Gasteiger partial charge on any atom is 0.280 e. The average Bonchev–Trinajstić information content (AvgIpc) is 1.94. The van der Waals surface area contributed by atoms with E-state index in [2.05, 4.69) is 20.9 Å². The summed E-state index contributed by atoms with van der Waals surface area (Å²) in [6.07, 6.45) is -1.13. The zero-order valence-corrected chi connectivity index (χ0v) is 8.62. The van der Waals surface area contributed by atoms with Crippen LogP contribution in [0.25, 0.3) is 0 Å². The van der Waals surface area contributed by atoms with E-state index in [4.69, 9.17) is 0 Å². The second-order valence-electron chi connectivity index (χ2n) is 2.10. The first-order valence-electron chi connectivity index (χ1n) is 3.02. The Bertz CT molecular complexity index is 268. The lowest BCUT2D eigenvalue weighted by Crippen LogP contribution is -1.93. The molecule has 0 spiro atoms. The minimum absolute atomic E-state index is 0. The van der Waals surface area contributed by atoms with Gasteiger partial charge in [0.05, 0.1) is 0 Å². The van der Waals surface area contributed by atoms with Crippen LogP contribution in [0.1, 0.15) is 17.7 Å². The Hall–Kier alpha value is -0.220. The molecule has 0 aliphatic carbocycles. The molecule has 0 bridgehead atoms. The van der Waals surface area contributed by atoms with E-state index < -0.39 is 6.43 Å². The van der Waals surface area contributed by atoms with Crippen molar-refractivity contribution in [1.29, 1.82) is 0 Å². The van der Waals surface area contributed by atoms with E-state index in [1.54, 1.807) is 13.0 Å². The number of halogens is 4. The van der Waals surface area contributed by atoms with E-state index in [-0.39, 0.29) is 18.1 Å². The molecule has 1 heterocycles. The van der Waals surface area contributed by atoms with Crippen LogP contribution in [0.4, 0.5) is 8.78 Å². The van der Waals surface area contributed by atoms with Crippen molar-refractivity contribution in [1.82, 2.24) is 4.98 Å². The molecule has 5 heteroatoms. The third kappa shape index (κ3) is 2.38. The van der Waals surface area contributed by atoms with Crippen LogP contribution in [0.15, 0.2) is 16.7 Å². The van der Waals surface area contributed by atoms with E-state index >= 15 is 0 Å². The smallest absolute Gasteiger partial charge is 0.255 e. The normalized spacial score (nSPS) is 9.75. The Balaban J connectivity index is 0.00000121. The summed E-state index contributed by atoms with van der Waals surface area (Å²) < 4.78 is 24.9. The molecule has 0 fully saturated rings. The van der Waals surface area contributed by atoms with Crippen molar-refractivity contribution in [3.05, 3.63) is 28.0 Å². The van der Waals surface area contributed by atoms with Gasteiger partial charge in [-0.1, -0.05) is 15.9 Å². The summed E-state index contributed by atoms with van der Waals surface area (Å²) >= 11 is 3.14. The summed E-state index contributed by atoms with van der Waals surface area (Å²) in [6, 6.07) is 1.64. The molecule has 0 aliphatic rings. The summed E-state index contributed by atoms with van der Waals surface area (Å²) in [5.41, 5.74) is 0.349.